The summed E-state index contributed by atoms with van der Waals surface area (Å²) in [5, 5.41) is 3.27. The molecule has 15 heavy (non-hydrogen) atoms. The molecular formula is C11H22N2O2. The lowest BCUT2D eigenvalue weighted by atomic mass is 9.90. The topological polar surface area (TPSA) is 41.6 Å². The molecule has 0 bridgehead atoms. The summed E-state index contributed by atoms with van der Waals surface area (Å²) in [5.74, 6) is 0.393. The minimum atomic E-state index is -0.186. The molecule has 0 radical (unpaired) electrons. The summed E-state index contributed by atoms with van der Waals surface area (Å²) < 4.78 is 4.61. The van der Waals surface area contributed by atoms with Gasteiger partial charge < -0.3 is 15.0 Å². The largest absolute Gasteiger partial charge is 0.468 e. The molecule has 0 saturated carbocycles. The number of rotatable bonds is 3. The van der Waals surface area contributed by atoms with E-state index in [1.807, 2.05) is 0 Å². The minimum Gasteiger partial charge on any atom is -0.468 e. The van der Waals surface area contributed by atoms with Crippen LogP contribution < -0.4 is 5.32 Å². The first-order valence-electron chi connectivity index (χ1n) is 5.55. The quantitative estimate of drug-likeness (QED) is 0.694. The molecular weight excluding hydrogens is 192 g/mol. The Morgan fingerprint density at radius 1 is 1.53 bits per heavy atom. The number of carbonyl (C=O) groups is 1. The number of nitrogens with zero attached hydrogens (tertiary/aromatic N) is 1. The highest BCUT2D eigenvalue weighted by Gasteiger charge is 2.28. The van der Waals surface area contributed by atoms with Crippen LogP contribution in [-0.2, 0) is 9.53 Å². The highest BCUT2D eigenvalue weighted by molar-refractivity contribution is 5.71. The van der Waals surface area contributed by atoms with Crippen LogP contribution in [0.4, 0.5) is 0 Å². The Bertz CT molecular complexity index is 221. The molecule has 0 aliphatic carbocycles. The number of nitrogens with one attached hydrogen (secondary N) is 1. The van der Waals surface area contributed by atoms with Gasteiger partial charge >= 0.3 is 5.97 Å². The number of carbonyl (C=O) groups excluding carboxylic acids is 1. The summed E-state index contributed by atoms with van der Waals surface area (Å²) in [6.07, 6.45) is 1.09. The summed E-state index contributed by atoms with van der Waals surface area (Å²) in [6.45, 7) is 5.85. The summed E-state index contributed by atoms with van der Waals surface area (Å²) in [4.78, 5) is 13.4. The van der Waals surface area contributed by atoms with Gasteiger partial charge in [-0.2, -0.15) is 0 Å². The predicted molar refractivity (Wildman–Crippen MR) is 59.7 cm³/mol. The van der Waals surface area contributed by atoms with E-state index >= 15 is 0 Å². The van der Waals surface area contributed by atoms with E-state index in [1.165, 1.54) is 7.11 Å². The number of methoxy groups -OCH3 is 1. The van der Waals surface area contributed by atoms with E-state index in [1.54, 1.807) is 0 Å². The monoisotopic (exact) mass is 214 g/mol. The molecule has 3 atom stereocenters. The second kappa shape index (κ2) is 5.47. The summed E-state index contributed by atoms with van der Waals surface area (Å²) >= 11 is 0. The van der Waals surface area contributed by atoms with E-state index < -0.39 is 0 Å². The maximum Gasteiger partial charge on any atom is 0.319 e. The molecule has 0 aromatic carbocycles. The van der Waals surface area contributed by atoms with Crippen LogP contribution in [0.15, 0.2) is 0 Å². The van der Waals surface area contributed by atoms with Gasteiger partial charge in [0.25, 0.3) is 0 Å². The van der Waals surface area contributed by atoms with Crippen LogP contribution in [0.25, 0.3) is 0 Å². The Morgan fingerprint density at radius 2 is 2.20 bits per heavy atom. The maximum absolute atomic E-state index is 11.0. The third-order valence-corrected chi connectivity index (χ3v) is 3.35. The van der Waals surface area contributed by atoms with Gasteiger partial charge in [0.05, 0.1) is 13.7 Å². The van der Waals surface area contributed by atoms with Crippen LogP contribution in [-0.4, -0.2) is 50.2 Å². The summed E-state index contributed by atoms with van der Waals surface area (Å²) in [5.41, 5.74) is 0. The maximum atomic E-state index is 11.0. The van der Waals surface area contributed by atoms with Gasteiger partial charge in [0.2, 0.25) is 0 Å². The zero-order valence-corrected chi connectivity index (χ0v) is 10.1. The lowest BCUT2D eigenvalue weighted by molar-refractivity contribution is -0.139. The van der Waals surface area contributed by atoms with Crippen molar-refractivity contribution >= 4 is 5.97 Å². The average Bonchev–Trinajstić information content (AvgIpc) is 2.21. The van der Waals surface area contributed by atoms with Crippen molar-refractivity contribution in [2.75, 3.05) is 27.2 Å². The van der Waals surface area contributed by atoms with Crippen molar-refractivity contribution in [1.29, 1.82) is 0 Å². The van der Waals surface area contributed by atoms with Gasteiger partial charge in [0.15, 0.2) is 0 Å². The second-order valence-electron chi connectivity index (χ2n) is 4.57. The zero-order chi connectivity index (χ0) is 11.4. The third-order valence-electron chi connectivity index (χ3n) is 3.35. The molecule has 1 saturated heterocycles. The number of likely N-dealkylation sites (tertiary alicyclic amines) is 1. The Kier molecular flexibility index (Phi) is 4.54. The molecule has 1 fully saturated rings. The normalized spacial score (nSPS) is 32.7. The predicted octanol–water partition coefficient (Wildman–Crippen LogP) is 0.478. The van der Waals surface area contributed by atoms with Crippen LogP contribution in [0.2, 0.25) is 0 Å². The molecule has 0 aromatic rings. The Labute approximate surface area is 92.0 Å². The number of piperidine rings is 1. The van der Waals surface area contributed by atoms with E-state index in [9.17, 15) is 4.79 Å². The van der Waals surface area contributed by atoms with Gasteiger partial charge in [-0.3, -0.25) is 4.79 Å². The van der Waals surface area contributed by atoms with Crippen molar-refractivity contribution in [1.82, 2.24) is 10.2 Å². The second-order valence-corrected chi connectivity index (χ2v) is 4.57. The van der Waals surface area contributed by atoms with Crippen LogP contribution in [0.1, 0.15) is 20.3 Å². The first-order valence-corrected chi connectivity index (χ1v) is 5.55. The van der Waals surface area contributed by atoms with Crippen molar-refractivity contribution in [3.63, 3.8) is 0 Å². The van der Waals surface area contributed by atoms with E-state index in [4.69, 9.17) is 0 Å². The molecule has 1 aliphatic heterocycles. The van der Waals surface area contributed by atoms with Crippen molar-refractivity contribution in [3.05, 3.63) is 0 Å². The number of hydrogen-bond acceptors (Lipinski definition) is 4. The van der Waals surface area contributed by atoms with Gasteiger partial charge in [0, 0.05) is 18.6 Å². The van der Waals surface area contributed by atoms with Crippen LogP contribution >= 0.6 is 0 Å². The number of esters is 1. The van der Waals surface area contributed by atoms with Crippen LogP contribution in [0.5, 0.6) is 0 Å². The van der Waals surface area contributed by atoms with Crippen LogP contribution in [0.3, 0.4) is 0 Å². The molecule has 0 spiro atoms. The lowest BCUT2D eigenvalue weighted by Crippen LogP contribution is -2.51. The van der Waals surface area contributed by atoms with E-state index in [0.29, 0.717) is 24.5 Å². The molecule has 1 rings (SSSR count). The Balaban J connectivity index is 2.38. The zero-order valence-electron chi connectivity index (χ0n) is 10.1. The van der Waals surface area contributed by atoms with Crippen molar-refractivity contribution in [2.24, 2.45) is 5.92 Å². The number of ether oxygens (including phenoxy) is 1. The van der Waals surface area contributed by atoms with Gasteiger partial charge in [0.1, 0.15) is 0 Å². The minimum absolute atomic E-state index is 0.186. The summed E-state index contributed by atoms with van der Waals surface area (Å²) in [6, 6.07) is 1.01. The first kappa shape index (κ1) is 12.5. The van der Waals surface area contributed by atoms with Gasteiger partial charge in [-0.25, -0.2) is 0 Å². The number of hydrogen-bond donors (Lipinski definition) is 1. The van der Waals surface area contributed by atoms with Crippen molar-refractivity contribution < 1.29 is 9.53 Å². The molecule has 0 aromatic heterocycles. The molecule has 1 N–H and O–H groups in total. The van der Waals surface area contributed by atoms with E-state index in [2.05, 4.69) is 35.8 Å². The SMILES string of the molecule is COC(=O)CNC1CC(C)N(C)CC1C. The van der Waals surface area contributed by atoms with Crippen LogP contribution in [0, 0.1) is 5.92 Å². The molecule has 0 amide bonds. The third kappa shape index (κ3) is 3.47. The average molecular weight is 214 g/mol. The lowest BCUT2D eigenvalue weighted by Gasteiger charge is -2.39. The molecule has 3 unspecified atom stereocenters. The van der Waals surface area contributed by atoms with E-state index in [-0.39, 0.29) is 5.97 Å². The fourth-order valence-corrected chi connectivity index (χ4v) is 2.11. The highest BCUT2D eigenvalue weighted by Crippen LogP contribution is 2.20. The van der Waals surface area contributed by atoms with Crippen molar-refractivity contribution in [2.45, 2.75) is 32.4 Å². The van der Waals surface area contributed by atoms with Gasteiger partial charge in [-0.1, -0.05) is 6.92 Å². The molecule has 4 heteroatoms. The molecule has 88 valence electrons. The van der Waals surface area contributed by atoms with Gasteiger partial charge in [-0.15, -0.1) is 0 Å². The van der Waals surface area contributed by atoms with Gasteiger partial charge in [-0.05, 0) is 26.3 Å². The molecule has 4 nitrogen and oxygen atoms in total. The summed E-state index contributed by atoms with van der Waals surface area (Å²) in [7, 11) is 3.57. The standard InChI is InChI=1S/C11H22N2O2/c1-8-7-13(3)9(2)5-10(8)12-6-11(14)15-4/h8-10,12H,5-7H2,1-4H3. The Morgan fingerprint density at radius 3 is 2.80 bits per heavy atom. The molecule has 1 heterocycles. The van der Waals surface area contributed by atoms with Crippen molar-refractivity contribution in [3.8, 4) is 0 Å². The Hall–Kier alpha value is -0.610. The smallest absolute Gasteiger partial charge is 0.319 e. The molecule has 1 aliphatic rings. The first-order chi connectivity index (χ1) is 7.04. The fraction of sp³-hybridized carbons (Fsp3) is 0.909. The van der Waals surface area contributed by atoms with E-state index in [0.717, 1.165) is 13.0 Å². The highest BCUT2D eigenvalue weighted by atomic mass is 16.5. The fourth-order valence-electron chi connectivity index (χ4n) is 2.11.